The summed E-state index contributed by atoms with van der Waals surface area (Å²) in [7, 11) is 0. The molecule has 1 atom stereocenters. The molecule has 7 heteroatoms. The number of benzene rings is 1. The Bertz CT molecular complexity index is 641. The van der Waals surface area contributed by atoms with E-state index in [0.717, 1.165) is 22.3 Å². The topological polar surface area (TPSA) is 93.3 Å². The quantitative estimate of drug-likeness (QED) is 0.617. The number of aromatic nitrogens is 2. The predicted octanol–water partition coefficient (Wildman–Crippen LogP) is 1.16. The highest BCUT2D eigenvalue weighted by atomic mass is 32.2. The number of hydrogen-bond acceptors (Lipinski definition) is 6. The molecule has 0 radical (unpaired) electrons. The van der Waals surface area contributed by atoms with Crippen molar-refractivity contribution in [2.24, 2.45) is 10.8 Å². The van der Waals surface area contributed by atoms with Gasteiger partial charge in [0.05, 0.1) is 23.3 Å². The van der Waals surface area contributed by atoms with E-state index in [1.807, 2.05) is 24.5 Å². The summed E-state index contributed by atoms with van der Waals surface area (Å²) < 4.78 is 0. The third kappa shape index (κ3) is 4.24. The molecule has 1 heterocycles. The third-order valence-corrected chi connectivity index (χ3v) is 3.52. The zero-order valence-electron chi connectivity index (χ0n) is 11.7. The van der Waals surface area contributed by atoms with Crippen molar-refractivity contribution in [1.29, 1.82) is 0 Å². The van der Waals surface area contributed by atoms with E-state index in [2.05, 4.69) is 20.5 Å². The monoisotopic (exact) mass is 303 g/mol. The largest absolute Gasteiger partial charge is 0.320 e. The van der Waals surface area contributed by atoms with Crippen molar-refractivity contribution in [1.82, 2.24) is 15.4 Å². The molecule has 3 N–H and O–H groups in total. The lowest BCUT2D eigenvalue weighted by Gasteiger charge is -2.08. The van der Waals surface area contributed by atoms with Crippen LogP contribution in [-0.2, 0) is 4.79 Å². The molecule has 1 aromatic heterocycles. The molecule has 0 aliphatic rings. The Morgan fingerprint density at radius 3 is 3.10 bits per heavy atom. The zero-order valence-corrected chi connectivity index (χ0v) is 12.5. The van der Waals surface area contributed by atoms with Gasteiger partial charge in [-0.3, -0.25) is 14.8 Å². The van der Waals surface area contributed by atoms with E-state index in [1.54, 1.807) is 30.4 Å². The summed E-state index contributed by atoms with van der Waals surface area (Å²) in [4.78, 5) is 20.2. The Kier molecular flexibility index (Phi) is 5.65. The van der Waals surface area contributed by atoms with Crippen LogP contribution in [0.25, 0.3) is 11.0 Å². The number of carbonyl (C=O) groups is 1. The van der Waals surface area contributed by atoms with Crippen LogP contribution in [0.5, 0.6) is 0 Å². The third-order valence-electron chi connectivity index (χ3n) is 2.88. The minimum atomic E-state index is -0.540. The Labute approximate surface area is 127 Å². The fourth-order valence-electron chi connectivity index (χ4n) is 1.74. The number of fused-ring (bicyclic) bond motifs is 1. The number of nitrogens with two attached hydrogens (primary N) is 1. The Morgan fingerprint density at radius 2 is 2.29 bits per heavy atom. The first kappa shape index (κ1) is 15.4. The normalized spacial score (nSPS) is 12.7. The van der Waals surface area contributed by atoms with E-state index in [-0.39, 0.29) is 5.91 Å². The molecular weight excluding hydrogens is 286 g/mol. The number of carbonyl (C=O) groups excluding carboxylic acids is 1. The first-order valence-electron chi connectivity index (χ1n) is 6.49. The highest BCUT2D eigenvalue weighted by Gasteiger charge is 2.11. The van der Waals surface area contributed by atoms with Crippen molar-refractivity contribution in [3.63, 3.8) is 0 Å². The number of nitrogens with zero attached hydrogens (tertiary/aromatic N) is 3. The molecule has 0 aliphatic heterocycles. The maximum absolute atomic E-state index is 11.7. The minimum absolute atomic E-state index is 0.286. The van der Waals surface area contributed by atoms with Crippen LogP contribution in [0.15, 0.2) is 35.7 Å². The summed E-state index contributed by atoms with van der Waals surface area (Å²) in [6.45, 7) is 0. The lowest BCUT2D eigenvalue weighted by molar-refractivity contribution is -0.122. The molecule has 0 spiro atoms. The molecule has 2 aromatic rings. The van der Waals surface area contributed by atoms with Crippen molar-refractivity contribution in [2.45, 2.75) is 12.5 Å². The van der Waals surface area contributed by atoms with E-state index in [0.29, 0.717) is 6.42 Å². The van der Waals surface area contributed by atoms with Crippen LogP contribution in [0.3, 0.4) is 0 Å². The average molecular weight is 303 g/mol. The fourth-order valence-corrected chi connectivity index (χ4v) is 2.23. The summed E-state index contributed by atoms with van der Waals surface area (Å²) in [5.41, 5.74) is 10.5. The van der Waals surface area contributed by atoms with Gasteiger partial charge in [-0.2, -0.15) is 16.9 Å². The summed E-state index contributed by atoms with van der Waals surface area (Å²) in [6, 6.07) is 5.06. The average Bonchev–Trinajstić information content (AvgIpc) is 2.52. The van der Waals surface area contributed by atoms with Crippen molar-refractivity contribution < 1.29 is 4.79 Å². The van der Waals surface area contributed by atoms with Crippen LogP contribution < -0.4 is 11.2 Å². The Balaban J connectivity index is 2.02. The minimum Gasteiger partial charge on any atom is -0.320 e. The molecule has 0 saturated heterocycles. The molecular formula is C14H17N5OS. The fraction of sp³-hybridized carbons (Fsp3) is 0.286. The number of thioether (sulfide) groups is 1. The van der Waals surface area contributed by atoms with Crippen molar-refractivity contribution >= 4 is 34.9 Å². The summed E-state index contributed by atoms with van der Waals surface area (Å²) >= 11 is 1.66. The van der Waals surface area contributed by atoms with Crippen LogP contribution >= 0.6 is 11.8 Å². The zero-order chi connectivity index (χ0) is 15.1. The smallest absolute Gasteiger partial charge is 0.256 e. The maximum Gasteiger partial charge on any atom is 0.256 e. The van der Waals surface area contributed by atoms with Gasteiger partial charge in [-0.05, 0) is 24.5 Å². The molecule has 0 bridgehead atoms. The second-order valence-electron chi connectivity index (χ2n) is 4.39. The second kappa shape index (κ2) is 7.70. The number of hydrazone groups is 1. The van der Waals surface area contributed by atoms with Crippen molar-refractivity contribution in [3.8, 4) is 0 Å². The van der Waals surface area contributed by atoms with Gasteiger partial charge >= 0.3 is 0 Å². The second-order valence-corrected chi connectivity index (χ2v) is 5.38. The highest BCUT2D eigenvalue weighted by molar-refractivity contribution is 7.98. The van der Waals surface area contributed by atoms with Crippen LogP contribution in [-0.4, -0.2) is 40.1 Å². The molecule has 0 aliphatic carbocycles. The summed E-state index contributed by atoms with van der Waals surface area (Å²) in [6.07, 6.45) is 7.41. The van der Waals surface area contributed by atoms with E-state index in [9.17, 15) is 4.79 Å². The number of hydrogen-bond donors (Lipinski definition) is 2. The molecule has 1 amide bonds. The van der Waals surface area contributed by atoms with Gasteiger partial charge in [-0.15, -0.1) is 0 Å². The predicted molar refractivity (Wildman–Crippen MR) is 86.2 cm³/mol. The van der Waals surface area contributed by atoms with Gasteiger partial charge in [-0.1, -0.05) is 12.1 Å². The van der Waals surface area contributed by atoms with Crippen LogP contribution in [0.2, 0.25) is 0 Å². The SMILES string of the molecule is CSCC[C@H](N)C(=O)NN=Cc1cccc2nccnc12. The molecule has 1 aromatic carbocycles. The molecule has 110 valence electrons. The van der Waals surface area contributed by atoms with E-state index in [4.69, 9.17) is 5.73 Å². The van der Waals surface area contributed by atoms with Gasteiger partial charge in [-0.25, -0.2) is 5.43 Å². The van der Waals surface area contributed by atoms with Crippen LogP contribution in [0.4, 0.5) is 0 Å². The van der Waals surface area contributed by atoms with Crippen molar-refractivity contribution in [3.05, 3.63) is 36.2 Å². The lowest BCUT2D eigenvalue weighted by Crippen LogP contribution is -2.38. The van der Waals surface area contributed by atoms with Gasteiger partial charge in [0.25, 0.3) is 5.91 Å². The number of para-hydroxylation sites is 1. The highest BCUT2D eigenvalue weighted by Crippen LogP contribution is 2.11. The lowest BCUT2D eigenvalue weighted by atomic mass is 10.2. The number of nitrogens with one attached hydrogen (secondary N) is 1. The molecule has 0 unspecified atom stereocenters. The maximum atomic E-state index is 11.7. The first-order chi connectivity index (χ1) is 10.2. The van der Waals surface area contributed by atoms with Crippen LogP contribution in [0.1, 0.15) is 12.0 Å². The van der Waals surface area contributed by atoms with Gasteiger partial charge in [0, 0.05) is 18.0 Å². The Hall–Kier alpha value is -1.99. The first-order valence-corrected chi connectivity index (χ1v) is 7.89. The molecule has 21 heavy (non-hydrogen) atoms. The van der Waals surface area contributed by atoms with Gasteiger partial charge < -0.3 is 5.73 Å². The molecule has 0 fully saturated rings. The molecule has 2 rings (SSSR count). The van der Waals surface area contributed by atoms with E-state index in [1.165, 1.54) is 0 Å². The summed E-state index contributed by atoms with van der Waals surface area (Å²) in [5.74, 6) is 0.559. The molecule has 6 nitrogen and oxygen atoms in total. The molecule has 0 saturated carbocycles. The van der Waals surface area contributed by atoms with Gasteiger partial charge in [0.15, 0.2) is 0 Å². The Morgan fingerprint density at radius 1 is 1.48 bits per heavy atom. The van der Waals surface area contributed by atoms with E-state index >= 15 is 0 Å². The standard InChI is InChI=1S/C14H17N5OS/c1-21-8-5-11(15)14(20)19-18-9-10-3-2-4-12-13(10)17-7-6-16-12/h2-4,6-7,9,11H,5,8,15H2,1H3,(H,19,20)/t11-/m0/s1. The number of rotatable bonds is 6. The van der Waals surface area contributed by atoms with Gasteiger partial charge in [0.1, 0.15) is 0 Å². The summed E-state index contributed by atoms with van der Waals surface area (Å²) in [5, 5.41) is 3.94. The van der Waals surface area contributed by atoms with Crippen molar-refractivity contribution in [2.75, 3.05) is 12.0 Å². The van der Waals surface area contributed by atoms with Gasteiger partial charge in [0.2, 0.25) is 0 Å². The van der Waals surface area contributed by atoms with E-state index < -0.39 is 6.04 Å². The number of amides is 1. The van der Waals surface area contributed by atoms with Crippen LogP contribution in [0, 0.1) is 0 Å².